The Balaban J connectivity index is 2.59. The van der Waals surface area contributed by atoms with Crippen molar-refractivity contribution in [3.8, 4) is 0 Å². The van der Waals surface area contributed by atoms with E-state index in [0.717, 1.165) is 19.0 Å². The minimum Gasteiger partial charge on any atom is -0.477 e. The third kappa shape index (κ3) is 1.88. The maximum atomic E-state index is 13.8. The van der Waals surface area contributed by atoms with Gasteiger partial charge in [-0.15, -0.1) is 0 Å². The second-order valence-electron chi connectivity index (χ2n) is 4.89. The molecular weight excluding hydrogens is 306 g/mol. The molecule has 0 atom stereocenters. The van der Waals surface area contributed by atoms with Gasteiger partial charge in [0.05, 0.1) is 16.6 Å². The highest BCUT2D eigenvalue weighted by Gasteiger charge is 2.30. The van der Waals surface area contributed by atoms with Crippen molar-refractivity contribution >= 4 is 34.2 Å². The highest BCUT2D eigenvalue weighted by Crippen LogP contribution is 2.41. The maximum Gasteiger partial charge on any atom is 0.341 e. The number of benzene rings is 1. The van der Waals surface area contributed by atoms with Crippen LogP contribution in [0.3, 0.4) is 0 Å². The average Bonchev–Trinajstić information content (AvgIpc) is 3.26. The van der Waals surface area contributed by atoms with Crippen LogP contribution in [0.5, 0.6) is 0 Å². The van der Waals surface area contributed by atoms with Gasteiger partial charge in [-0.3, -0.25) is 4.79 Å². The molecule has 1 saturated carbocycles. The first-order valence-electron chi connectivity index (χ1n) is 6.08. The van der Waals surface area contributed by atoms with Crippen molar-refractivity contribution < 1.29 is 18.7 Å². The molecule has 8 heteroatoms. The third-order valence-corrected chi connectivity index (χ3v) is 3.85. The molecule has 110 valence electrons. The molecule has 0 aliphatic heterocycles. The van der Waals surface area contributed by atoms with Crippen LogP contribution >= 0.6 is 11.6 Å². The number of rotatable bonds is 2. The monoisotopic (exact) mass is 314 g/mol. The second kappa shape index (κ2) is 4.42. The molecule has 0 amide bonds. The Morgan fingerprint density at radius 2 is 2.00 bits per heavy atom. The van der Waals surface area contributed by atoms with Crippen molar-refractivity contribution in [2.75, 3.05) is 5.73 Å². The molecular formula is C13H9ClF2N2O3. The van der Waals surface area contributed by atoms with Crippen molar-refractivity contribution in [2.45, 2.75) is 18.9 Å². The quantitative estimate of drug-likeness (QED) is 0.659. The van der Waals surface area contributed by atoms with Crippen LogP contribution in [0.1, 0.15) is 29.2 Å². The Bertz CT molecular complexity index is 859. The first-order valence-corrected chi connectivity index (χ1v) is 6.46. The Morgan fingerprint density at radius 3 is 2.52 bits per heavy atom. The van der Waals surface area contributed by atoms with E-state index in [9.17, 15) is 18.4 Å². The number of aromatic carboxylic acids is 1. The van der Waals surface area contributed by atoms with Crippen LogP contribution in [0.25, 0.3) is 10.9 Å². The Hall–Kier alpha value is -2.15. The molecule has 5 nitrogen and oxygen atoms in total. The molecule has 1 heterocycles. The fourth-order valence-corrected chi connectivity index (χ4v) is 2.60. The highest BCUT2D eigenvalue weighted by molar-refractivity contribution is 6.35. The summed E-state index contributed by atoms with van der Waals surface area (Å²) < 4.78 is 28.9. The Kier molecular flexibility index (Phi) is 2.91. The first-order chi connectivity index (χ1) is 9.84. The fraction of sp³-hybridized carbons (Fsp3) is 0.231. The predicted molar refractivity (Wildman–Crippen MR) is 72.8 cm³/mol. The molecule has 1 fully saturated rings. The van der Waals surface area contributed by atoms with Gasteiger partial charge in [-0.25, -0.2) is 13.6 Å². The summed E-state index contributed by atoms with van der Waals surface area (Å²) >= 11 is 5.81. The molecule has 2 aromatic rings. The second-order valence-corrected chi connectivity index (χ2v) is 5.27. The summed E-state index contributed by atoms with van der Waals surface area (Å²) in [6, 6.07) is -0.104. The van der Waals surface area contributed by atoms with E-state index in [1.807, 2.05) is 0 Å². The number of fused-ring (bicyclic) bond motifs is 1. The van der Waals surface area contributed by atoms with Crippen LogP contribution in [-0.4, -0.2) is 15.6 Å². The van der Waals surface area contributed by atoms with Crippen molar-refractivity contribution in [1.29, 1.82) is 0 Å². The van der Waals surface area contributed by atoms with E-state index in [-0.39, 0.29) is 11.6 Å². The summed E-state index contributed by atoms with van der Waals surface area (Å²) in [6.45, 7) is 0. The van der Waals surface area contributed by atoms with Crippen LogP contribution in [0.2, 0.25) is 5.02 Å². The normalized spacial score (nSPS) is 14.6. The number of carboxylic acids is 1. The largest absolute Gasteiger partial charge is 0.477 e. The minimum absolute atomic E-state index is 0.0643. The number of nitrogens with two attached hydrogens (primary N) is 1. The minimum atomic E-state index is -1.46. The summed E-state index contributed by atoms with van der Waals surface area (Å²) in [5, 5.41) is 8.11. The zero-order valence-electron chi connectivity index (χ0n) is 10.5. The molecule has 1 aliphatic rings. The Morgan fingerprint density at radius 1 is 1.38 bits per heavy atom. The van der Waals surface area contributed by atoms with Crippen molar-refractivity contribution in [2.24, 2.45) is 0 Å². The van der Waals surface area contributed by atoms with Crippen molar-refractivity contribution in [3.63, 3.8) is 0 Å². The summed E-state index contributed by atoms with van der Waals surface area (Å²) in [7, 11) is 0. The predicted octanol–water partition coefficient (Wildman–Crippen LogP) is 2.55. The Labute approximate surface area is 121 Å². The van der Waals surface area contributed by atoms with Crippen LogP contribution in [0.15, 0.2) is 11.0 Å². The lowest BCUT2D eigenvalue weighted by atomic mass is 10.1. The van der Waals surface area contributed by atoms with Crippen LogP contribution in [0.4, 0.5) is 14.5 Å². The lowest BCUT2D eigenvalue weighted by Gasteiger charge is -2.15. The van der Waals surface area contributed by atoms with Gasteiger partial charge in [0.25, 0.3) is 0 Å². The third-order valence-electron chi connectivity index (χ3n) is 3.50. The molecule has 0 unspecified atom stereocenters. The lowest BCUT2D eigenvalue weighted by Crippen LogP contribution is -2.21. The van der Waals surface area contributed by atoms with E-state index in [1.165, 1.54) is 4.57 Å². The number of carboxylic acid groups (broad SMARTS) is 1. The number of halogens is 3. The highest BCUT2D eigenvalue weighted by atomic mass is 35.5. The van der Waals surface area contributed by atoms with Gasteiger partial charge < -0.3 is 15.4 Å². The van der Waals surface area contributed by atoms with Gasteiger partial charge in [-0.05, 0) is 12.8 Å². The average molecular weight is 315 g/mol. The van der Waals surface area contributed by atoms with Crippen molar-refractivity contribution in [1.82, 2.24) is 4.57 Å². The van der Waals surface area contributed by atoms with E-state index in [4.69, 9.17) is 22.4 Å². The van der Waals surface area contributed by atoms with E-state index in [0.29, 0.717) is 0 Å². The van der Waals surface area contributed by atoms with E-state index >= 15 is 0 Å². The van der Waals surface area contributed by atoms with Gasteiger partial charge >= 0.3 is 5.97 Å². The van der Waals surface area contributed by atoms with Gasteiger partial charge in [0.2, 0.25) is 5.43 Å². The zero-order chi connectivity index (χ0) is 15.5. The summed E-state index contributed by atoms with van der Waals surface area (Å²) in [4.78, 5) is 23.3. The molecule has 3 rings (SSSR count). The van der Waals surface area contributed by atoms with Crippen molar-refractivity contribution in [3.05, 3.63) is 38.6 Å². The van der Waals surface area contributed by atoms with Gasteiger partial charge in [0, 0.05) is 12.2 Å². The fourth-order valence-electron chi connectivity index (χ4n) is 2.33. The van der Waals surface area contributed by atoms with E-state index in [2.05, 4.69) is 0 Å². The molecule has 0 spiro atoms. The zero-order valence-corrected chi connectivity index (χ0v) is 11.2. The number of pyridine rings is 1. The number of hydrogen-bond acceptors (Lipinski definition) is 3. The van der Waals surface area contributed by atoms with Crippen LogP contribution < -0.4 is 11.2 Å². The standard InChI is InChI=1S/C13H9ClF2N2O3/c14-7-8(15)9(16)10(17)6-11(7)18(4-1-2-4)3-5(12(6)19)13(20)21/h3-4H,1-2,17H2,(H,20,21). The number of hydrogen-bond donors (Lipinski definition) is 2. The lowest BCUT2D eigenvalue weighted by molar-refractivity contribution is 0.0695. The molecule has 3 N–H and O–H groups in total. The van der Waals surface area contributed by atoms with Gasteiger partial charge in [0.1, 0.15) is 10.6 Å². The molecule has 0 radical (unpaired) electrons. The van der Waals surface area contributed by atoms with E-state index in [1.54, 1.807) is 0 Å². The number of aromatic nitrogens is 1. The van der Waals surface area contributed by atoms with Gasteiger partial charge in [0.15, 0.2) is 11.6 Å². The van der Waals surface area contributed by atoms with Gasteiger partial charge in [-0.1, -0.05) is 11.6 Å². The van der Waals surface area contributed by atoms with Crippen LogP contribution in [-0.2, 0) is 0 Å². The maximum absolute atomic E-state index is 13.8. The molecule has 1 aromatic carbocycles. The summed E-state index contributed by atoms with van der Waals surface area (Å²) in [6.07, 6.45) is 2.56. The van der Waals surface area contributed by atoms with Gasteiger partial charge in [-0.2, -0.15) is 0 Å². The SMILES string of the molecule is Nc1c(F)c(F)c(Cl)c2c1c(=O)c(C(=O)O)cn2C1CC1. The number of anilines is 1. The summed E-state index contributed by atoms with van der Waals surface area (Å²) in [5.74, 6) is -4.26. The van der Waals surface area contributed by atoms with Crippen LogP contribution in [0, 0.1) is 11.6 Å². The molecule has 21 heavy (non-hydrogen) atoms. The van der Waals surface area contributed by atoms with E-state index < -0.39 is 44.7 Å². The summed E-state index contributed by atoms with van der Waals surface area (Å²) in [5.41, 5.74) is 3.14. The number of carbonyl (C=O) groups is 1. The molecule has 0 bridgehead atoms. The number of nitrogens with zero attached hydrogens (tertiary/aromatic N) is 1. The topological polar surface area (TPSA) is 85.3 Å². The number of nitrogen functional groups attached to an aromatic ring is 1. The molecule has 1 aromatic heterocycles. The molecule has 1 aliphatic carbocycles. The molecule has 0 saturated heterocycles. The first kappa shape index (κ1) is 13.8. The smallest absolute Gasteiger partial charge is 0.341 e.